The van der Waals surface area contributed by atoms with Gasteiger partial charge in [-0.25, -0.2) is 4.39 Å². The zero-order chi connectivity index (χ0) is 14.7. The number of hydrogen-bond acceptors (Lipinski definition) is 2. The van der Waals surface area contributed by atoms with Gasteiger partial charge >= 0.3 is 0 Å². The highest BCUT2D eigenvalue weighted by molar-refractivity contribution is 7.87. The number of Topliss-reactive ketones (excluding diaryl/α,β-unsaturated/α-hetero) is 1. The Balaban J connectivity index is 2.06. The number of hydrogen-bond donors (Lipinski definition) is 0. The van der Waals surface area contributed by atoms with Crippen LogP contribution in [0.3, 0.4) is 0 Å². The summed E-state index contributed by atoms with van der Waals surface area (Å²) < 4.78 is 25.4. The predicted molar refractivity (Wildman–Crippen MR) is 79.8 cm³/mol. The first kappa shape index (κ1) is 15.4. The van der Waals surface area contributed by atoms with Crippen molar-refractivity contribution in [3.8, 4) is 0 Å². The van der Waals surface area contributed by atoms with Crippen LogP contribution in [0.2, 0.25) is 0 Å². The van der Waals surface area contributed by atoms with E-state index in [1.807, 2.05) is 0 Å². The molecule has 0 bridgehead atoms. The van der Waals surface area contributed by atoms with Crippen LogP contribution in [0.1, 0.15) is 49.9 Å². The van der Waals surface area contributed by atoms with Crippen molar-refractivity contribution in [2.45, 2.75) is 50.0 Å². The normalized spacial score (nSPS) is 25.9. The number of carbonyl (C=O) groups excluding carboxylic acids is 1. The first-order chi connectivity index (χ1) is 9.49. The van der Waals surface area contributed by atoms with Crippen LogP contribution in [0, 0.1) is 11.7 Å². The molecule has 1 fully saturated rings. The molecule has 0 N–H and O–H groups in total. The molecule has 4 heteroatoms. The second kappa shape index (κ2) is 6.61. The van der Waals surface area contributed by atoms with Crippen LogP contribution in [-0.2, 0) is 10.8 Å². The van der Waals surface area contributed by atoms with Crippen molar-refractivity contribution in [1.29, 1.82) is 0 Å². The molecular weight excluding hydrogens is 275 g/mol. The Kier molecular flexibility index (Phi) is 5.08. The summed E-state index contributed by atoms with van der Waals surface area (Å²) in [5.74, 6) is 0.0730. The molecule has 0 spiro atoms. The molecule has 110 valence electrons. The maximum Gasteiger partial charge on any atom is 0.178 e. The molecule has 4 unspecified atom stereocenters. The van der Waals surface area contributed by atoms with E-state index >= 15 is 0 Å². The van der Waals surface area contributed by atoms with E-state index in [4.69, 9.17) is 0 Å². The Bertz CT molecular complexity index is 498. The van der Waals surface area contributed by atoms with Crippen LogP contribution < -0.4 is 0 Å². The number of ketones is 1. The van der Waals surface area contributed by atoms with Crippen molar-refractivity contribution in [1.82, 2.24) is 0 Å². The summed E-state index contributed by atoms with van der Waals surface area (Å²) in [6.45, 7) is 3.90. The van der Waals surface area contributed by atoms with Gasteiger partial charge < -0.3 is 0 Å². The molecule has 0 aromatic heterocycles. The molecule has 2 rings (SSSR count). The first-order valence-corrected chi connectivity index (χ1v) is 8.46. The van der Waals surface area contributed by atoms with Crippen LogP contribution in [-0.4, -0.2) is 20.5 Å². The summed E-state index contributed by atoms with van der Waals surface area (Å²) in [6, 6.07) is 5.47. The summed E-state index contributed by atoms with van der Waals surface area (Å²) in [5.41, 5.74) is 0.441. The van der Waals surface area contributed by atoms with Crippen molar-refractivity contribution in [3.05, 3.63) is 35.6 Å². The quantitative estimate of drug-likeness (QED) is 0.793. The lowest BCUT2D eigenvalue weighted by Gasteiger charge is -2.27. The van der Waals surface area contributed by atoms with Crippen LogP contribution in [0.5, 0.6) is 0 Å². The van der Waals surface area contributed by atoms with Crippen LogP contribution >= 0.6 is 0 Å². The molecule has 1 aliphatic carbocycles. The molecule has 0 saturated heterocycles. The van der Waals surface area contributed by atoms with Gasteiger partial charge in [-0.1, -0.05) is 19.8 Å². The lowest BCUT2D eigenvalue weighted by atomic mass is 9.91. The third-order valence-electron chi connectivity index (χ3n) is 4.06. The van der Waals surface area contributed by atoms with Crippen molar-refractivity contribution in [3.63, 3.8) is 0 Å². The van der Waals surface area contributed by atoms with Crippen LogP contribution in [0.4, 0.5) is 4.39 Å². The van der Waals surface area contributed by atoms with Gasteiger partial charge in [0, 0.05) is 21.6 Å². The highest BCUT2D eigenvalue weighted by atomic mass is 32.2. The number of rotatable bonds is 4. The Hall–Kier alpha value is -1.03. The van der Waals surface area contributed by atoms with E-state index in [0.717, 1.165) is 19.3 Å². The Morgan fingerprint density at radius 1 is 1.30 bits per heavy atom. The zero-order valence-corrected chi connectivity index (χ0v) is 12.8. The molecule has 2 nitrogen and oxygen atoms in total. The predicted octanol–water partition coefficient (Wildman–Crippen LogP) is 3.72. The fraction of sp³-hybridized carbons (Fsp3) is 0.562. The molecule has 0 heterocycles. The summed E-state index contributed by atoms with van der Waals surface area (Å²) in [5, 5.41) is -0.395. The van der Waals surface area contributed by atoms with E-state index in [1.54, 1.807) is 6.92 Å². The van der Waals surface area contributed by atoms with E-state index in [0.29, 0.717) is 11.5 Å². The summed E-state index contributed by atoms with van der Waals surface area (Å²) in [7, 11) is -1.15. The van der Waals surface area contributed by atoms with Gasteiger partial charge in [-0.3, -0.25) is 9.00 Å². The van der Waals surface area contributed by atoms with Crippen molar-refractivity contribution >= 4 is 16.6 Å². The number of carbonyl (C=O) groups is 1. The third kappa shape index (κ3) is 3.54. The monoisotopic (exact) mass is 296 g/mol. The SMILES string of the molecule is CC1CCCC(S(=O)C(C)C(=O)c2ccc(F)cc2)C1. The molecule has 1 aromatic carbocycles. The molecule has 0 radical (unpaired) electrons. The zero-order valence-electron chi connectivity index (χ0n) is 12.0. The largest absolute Gasteiger partial charge is 0.293 e. The van der Waals surface area contributed by atoms with Gasteiger partial charge in [-0.15, -0.1) is 0 Å². The maximum atomic E-state index is 12.9. The standard InChI is InChI=1S/C16H21FO2S/c1-11-4-3-5-15(10-11)20(19)12(2)16(18)13-6-8-14(17)9-7-13/h6-9,11-12,15H,3-5,10H2,1-2H3. The topological polar surface area (TPSA) is 34.1 Å². The second-order valence-electron chi connectivity index (χ2n) is 5.74. The number of benzene rings is 1. The molecule has 1 aliphatic rings. The highest BCUT2D eigenvalue weighted by Gasteiger charge is 2.30. The Labute approximate surface area is 122 Å². The smallest absolute Gasteiger partial charge is 0.178 e. The molecule has 20 heavy (non-hydrogen) atoms. The summed E-state index contributed by atoms with van der Waals surface area (Å²) >= 11 is 0. The molecular formula is C16H21FO2S. The minimum absolute atomic E-state index is 0.123. The van der Waals surface area contributed by atoms with E-state index in [1.165, 1.54) is 30.7 Å². The maximum absolute atomic E-state index is 12.9. The van der Waals surface area contributed by atoms with Crippen LogP contribution in [0.15, 0.2) is 24.3 Å². The molecule has 0 amide bonds. The van der Waals surface area contributed by atoms with Gasteiger partial charge in [0.2, 0.25) is 0 Å². The van der Waals surface area contributed by atoms with Gasteiger partial charge in [0.15, 0.2) is 5.78 Å². The molecule has 0 aliphatic heterocycles. The van der Waals surface area contributed by atoms with E-state index in [9.17, 15) is 13.4 Å². The third-order valence-corrected chi connectivity index (χ3v) is 6.06. The number of halogens is 1. The van der Waals surface area contributed by atoms with E-state index in [-0.39, 0.29) is 16.9 Å². The molecule has 1 saturated carbocycles. The highest BCUT2D eigenvalue weighted by Crippen LogP contribution is 2.29. The lowest BCUT2D eigenvalue weighted by molar-refractivity contribution is 0.0992. The minimum atomic E-state index is -1.15. The fourth-order valence-electron chi connectivity index (χ4n) is 2.83. The van der Waals surface area contributed by atoms with Gasteiger partial charge in [-0.2, -0.15) is 0 Å². The minimum Gasteiger partial charge on any atom is -0.293 e. The second-order valence-corrected chi connectivity index (χ2v) is 7.77. The Morgan fingerprint density at radius 3 is 2.55 bits per heavy atom. The van der Waals surface area contributed by atoms with Gasteiger partial charge in [0.05, 0.1) is 5.25 Å². The van der Waals surface area contributed by atoms with Crippen LogP contribution in [0.25, 0.3) is 0 Å². The van der Waals surface area contributed by atoms with Gasteiger partial charge in [0.1, 0.15) is 5.82 Å². The van der Waals surface area contributed by atoms with Crippen molar-refractivity contribution < 1.29 is 13.4 Å². The average molecular weight is 296 g/mol. The first-order valence-electron chi connectivity index (χ1n) is 7.18. The van der Waals surface area contributed by atoms with Gasteiger partial charge in [0.25, 0.3) is 0 Å². The van der Waals surface area contributed by atoms with E-state index < -0.39 is 16.0 Å². The average Bonchev–Trinajstić information content (AvgIpc) is 2.46. The molecule has 1 aromatic rings. The molecule has 4 atom stereocenters. The lowest BCUT2D eigenvalue weighted by Crippen LogP contribution is -2.33. The van der Waals surface area contributed by atoms with E-state index in [2.05, 4.69) is 6.92 Å². The summed E-state index contributed by atoms with van der Waals surface area (Å²) in [4.78, 5) is 12.3. The Morgan fingerprint density at radius 2 is 1.95 bits per heavy atom. The fourth-order valence-corrected chi connectivity index (χ4v) is 4.67. The van der Waals surface area contributed by atoms with Crippen molar-refractivity contribution in [2.24, 2.45) is 5.92 Å². The summed E-state index contributed by atoms with van der Waals surface area (Å²) in [6.07, 6.45) is 4.16. The van der Waals surface area contributed by atoms with Gasteiger partial charge in [-0.05, 0) is 49.9 Å². The van der Waals surface area contributed by atoms with Crippen molar-refractivity contribution in [2.75, 3.05) is 0 Å².